The van der Waals surface area contributed by atoms with Crippen molar-refractivity contribution in [3.63, 3.8) is 0 Å². The van der Waals surface area contributed by atoms with Crippen LogP contribution in [0.25, 0.3) is 5.13 Å². The van der Waals surface area contributed by atoms with Gasteiger partial charge in [0.15, 0.2) is 5.13 Å². The van der Waals surface area contributed by atoms with Crippen molar-refractivity contribution in [1.29, 1.82) is 0 Å². The van der Waals surface area contributed by atoms with Gasteiger partial charge in [0.05, 0.1) is 11.4 Å². The zero-order chi connectivity index (χ0) is 15.5. The van der Waals surface area contributed by atoms with E-state index in [1.165, 1.54) is 23.5 Å². The van der Waals surface area contributed by atoms with Crippen LogP contribution >= 0.6 is 11.3 Å². The van der Waals surface area contributed by atoms with Gasteiger partial charge in [0, 0.05) is 12.4 Å². The van der Waals surface area contributed by atoms with Crippen LogP contribution < -0.4 is 5.32 Å². The number of aromatic nitrogens is 2. The number of aryl methyl sites for hydroxylation is 1. The highest BCUT2D eigenvalue weighted by Crippen LogP contribution is 2.24. The van der Waals surface area contributed by atoms with Gasteiger partial charge in [-0.3, -0.25) is 4.79 Å². The third-order valence-corrected chi connectivity index (χ3v) is 4.28. The quantitative estimate of drug-likeness (QED) is 0.794. The molecule has 2 aromatic heterocycles. The number of nitrogens with zero attached hydrogens (tertiary/aromatic N) is 2. The van der Waals surface area contributed by atoms with Gasteiger partial charge in [-0.05, 0) is 30.7 Å². The van der Waals surface area contributed by atoms with Gasteiger partial charge in [-0.2, -0.15) is 0 Å². The van der Waals surface area contributed by atoms with Crippen molar-refractivity contribution in [3.8, 4) is 5.13 Å². The fourth-order valence-electron chi connectivity index (χ4n) is 2.07. The highest BCUT2D eigenvalue weighted by Gasteiger charge is 2.18. The molecule has 1 aromatic carbocycles. The molecule has 3 aromatic rings. The molecule has 2 heterocycles. The van der Waals surface area contributed by atoms with Gasteiger partial charge in [0.2, 0.25) is 0 Å². The summed E-state index contributed by atoms with van der Waals surface area (Å²) in [6, 6.07) is 9.90. The SMILES string of the molecule is CCc1nc(-n2cccc2)sc1C(=O)Nc1ccccc1F. The number of rotatable bonds is 4. The maximum Gasteiger partial charge on any atom is 0.267 e. The van der Waals surface area contributed by atoms with E-state index >= 15 is 0 Å². The lowest BCUT2D eigenvalue weighted by atomic mass is 10.2. The van der Waals surface area contributed by atoms with Crippen molar-refractivity contribution in [3.05, 3.63) is 65.2 Å². The summed E-state index contributed by atoms with van der Waals surface area (Å²) < 4.78 is 15.5. The van der Waals surface area contributed by atoms with Crippen LogP contribution in [-0.4, -0.2) is 15.5 Å². The molecule has 0 aliphatic heterocycles. The number of benzene rings is 1. The molecular weight excluding hydrogens is 301 g/mol. The van der Waals surface area contributed by atoms with E-state index in [4.69, 9.17) is 0 Å². The maximum atomic E-state index is 13.6. The van der Waals surface area contributed by atoms with E-state index in [-0.39, 0.29) is 11.6 Å². The Bertz CT molecular complexity index is 796. The first-order valence-electron chi connectivity index (χ1n) is 6.88. The van der Waals surface area contributed by atoms with Gasteiger partial charge in [0.1, 0.15) is 10.7 Å². The number of nitrogens with one attached hydrogen (secondary N) is 1. The zero-order valence-electron chi connectivity index (χ0n) is 11.9. The Kier molecular flexibility index (Phi) is 4.02. The van der Waals surface area contributed by atoms with E-state index in [0.717, 1.165) is 5.13 Å². The molecule has 0 radical (unpaired) electrons. The Balaban J connectivity index is 1.90. The molecule has 0 atom stereocenters. The van der Waals surface area contributed by atoms with Crippen molar-refractivity contribution in [2.75, 3.05) is 5.32 Å². The third kappa shape index (κ3) is 2.78. The topological polar surface area (TPSA) is 46.9 Å². The van der Waals surface area contributed by atoms with Crippen LogP contribution in [0.15, 0.2) is 48.8 Å². The molecule has 0 saturated carbocycles. The summed E-state index contributed by atoms with van der Waals surface area (Å²) >= 11 is 1.29. The summed E-state index contributed by atoms with van der Waals surface area (Å²) in [6.45, 7) is 1.94. The van der Waals surface area contributed by atoms with Crippen LogP contribution in [0.3, 0.4) is 0 Å². The molecule has 0 bridgehead atoms. The molecule has 0 aliphatic rings. The largest absolute Gasteiger partial charge is 0.319 e. The fraction of sp³-hybridized carbons (Fsp3) is 0.125. The van der Waals surface area contributed by atoms with Crippen LogP contribution in [0.2, 0.25) is 0 Å². The second-order valence-corrected chi connectivity index (χ2v) is 5.63. The van der Waals surface area contributed by atoms with E-state index in [0.29, 0.717) is 17.0 Å². The molecule has 0 saturated heterocycles. The number of hydrogen-bond acceptors (Lipinski definition) is 3. The zero-order valence-corrected chi connectivity index (χ0v) is 12.7. The summed E-state index contributed by atoms with van der Waals surface area (Å²) in [5.41, 5.74) is 0.882. The molecule has 0 spiro atoms. The second-order valence-electron chi connectivity index (χ2n) is 4.65. The molecular formula is C16H14FN3OS. The Morgan fingerprint density at radius 2 is 2.00 bits per heavy atom. The van der Waals surface area contributed by atoms with Crippen LogP contribution in [-0.2, 0) is 6.42 Å². The van der Waals surface area contributed by atoms with E-state index in [2.05, 4.69) is 10.3 Å². The highest BCUT2D eigenvalue weighted by molar-refractivity contribution is 7.16. The number of carbonyl (C=O) groups is 1. The molecule has 3 rings (SSSR count). The third-order valence-electron chi connectivity index (χ3n) is 3.17. The Labute approximate surface area is 131 Å². The van der Waals surface area contributed by atoms with Gasteiger partial charge in [-0.15, -0.1) is 0 Å². The number of anilines is 1. The van der Waals surface area contributed by atoms with Gasteiger partial charge < -0.3 is 9.88 Å². The minimum atomic E-state index is -0.455. The summed E-state index contributed by atoms with van der Waals surface area (Å²) in [5.74, 6) is -0.790. The first kappa shape index (κ1) is 14.5. The van der Waals surface area contributed by atoms with Gasteiger partial charge in [0.25, 0.3) is 5.91 Å². The molecule has 22 heavy (non-hydrogen) atoms. The Morgan fingerprint density at radius 1 is 1.27 bits per heavy atom. The van der Waals surface area contributed by atoms with Gasteiger partial charge in [-0.25, -0.2) is 9.37 Å². The predicted molar refractivity (Wildman–Crippen MR) is 85.2 cm³/mol. The maximum absolute atomic E-state index is 13.6. The molecule has 6 heteroatoms. The number of para-hydroxylation sites is 1. The van der Waals surface area contributed by atoms with Crippen molar-refractivity contribution in [2.24, 2.45) is 0 Å². The van der Waals surface area contributed by atoms with E-state index < -0.39 is 5.82 Å². The lowest BCUT2D eigenvalue weighted by Gasteiger charge is -2.05. The number of hydrogen-bond donors (Lipinski definition) is 1. The fourth-order valence-corrected chi connectivity index (χ4v) is 3.09. The van der Waals surface area contributed by atoms with Crippen LogP contribution in [0.1, 0.15) is 22.3 Å². The number of halogens is 1. The summed E-state index contributed by atoms with van der Waals surface area (Å²) in [5, 5.41) is 3.33. The normalized spacial score (nSPS) is 10.6. The van der Waals surface area contributed by atoms with Crippen molar-refractivity contribution in [1.82, 2.24) is 9.55 Å². The van der Waals surface area contributed by atoms with Gasteiger partial charge >= 0.3 is 0 Å². The lowest BCUT2D eigenvalue weighted by molar-refractivity contribution is 0.102. The lowest BCUT2D eigenvalue weighted by Crippen LogP contribution is -2.13. The van der Waals surface area contributed by atoms with E-state index in [1.807, 2.05) is 36.0 Å². The van der Waals surface area contributed by atoms with Gasteiger partial charge in [-0.1, -0.05) is 30.4 Å². The molecule has 0 aliphatic carbocycles. The summed E-state index contributed by atoms with van der Waals surface area (Å²) in [4.78, 5) is 17.4. The van der Waals surface area contributed by atoms with Crippen LogP contribution in [0, 0.1) is 5.82 Å². The van der Waals surface area contributed by atoms with Crippen molar-refractivity contribution in [2.45, 2.75) is 13.3 Å². The average Bonchev–Trinajstić information content (AvgIpc) is 3.18. The first-order valence-corrected chi connectivity index (χ1v) is 7.69. The van der Waals surface area contributed by atoms with E-state index in [9.17, 15) is 9.18 Å². The minimum Gasteiger partial charge on any atom is -0.319 e. The number of thiazole rings is 1. The van der Waals surface area contributed by atoms with Crippen molar-refractivity contribution >= 4 is 22.9 Å². The van der Waals surface area contributed by atoms with Crippen LogP contribution in [0.5, 0.6) is 0 Å². The van der Waals surface area contributed by atoms with E-state index in [1.54, 1.807) is 12.1 Å². The summed E-state index contributed by atoms with van der Waals surface area (Å²) in [6.07, 6.45) is 4.38. The smallest absolute Gasteiger partial charge is 0.267 e. The standard InChI is InChI=1S/C16H14FN3OS/c1-2-12-14(22-16(19-12)20-9-5-6-10-20)15(21)18-13-8-4-3-7-11(13)17/h3-10H,2H2,1H3,(H,18,21). The molecule has 1 amide bonds. The molecule has 0 fully saturated rings. The summed E-state index contributed by atoms with van der Waals surface area (Å²) in [7, 11) is 0. The monoisotopic (exact) mass is 315 g/mol. The van der Waals surface area contributed by atoms with Crippen LogP contribution in [0.4, 0.5) is 10.1 Å². The second kappa shape index (κ2) is 6.11. The van der Waals surface area contributed by atoms with Crippen molar-refractivity contribution < 1.29 is 9.18 Å². The Morgan fingerprint density at radius 3 is 2.68 bits per heavy atom. The number of carbonyl (C=O) groups excluding carboxylic acids is 1. The first-order chi connectivity index (χ1) is 10.7. The Hall–Kier alpha value is -2.47. The molecule has 1 N–H and O–H groups in total. The minimum absolute atomic E-state index is 0.172. The number of amides is 1. The molecule has 112 valence electrons. The predicted octanol–water partition coefficient (Wildman–Crippen LogP) is 3.89. The molecule has 4 nitrogen and oxygen atoms in total. The average molecular weight is 315 g/mol. The highest BCUT2D eigenvalue weighted by atomic mass is 32.1. The molecule has 0 unspecified atom stereocenters.